The summed E-state index contributed by atoms with van der Waals surface area (Å²) in [4.78, 5) is 27.6. The van der Waals surface area contributed by atoms with Crippen LogP contribution in [0.1, 0.15) is 48.9 Å². The maximum atomic E-state index is 13.2. The van der Waals surface area contributed by atoms with Crippen LogP contribution in [0.4, 0.5) is 0 Å². The number of carbonyl (C=O) groups excluding carboxylic acids is 2. The zero-order valence-electron chi connectivity index (χ0n) is 14.5. The largest absolute Gasteiger partial charge is 0.479 e. The van der Waals surface area contributed by atoms with Crippen molar-refractivity contribution in [3.05, 3.63) is 29.8 Å². The molecule has 0 radical (unpaired) electrons. The smallest absolute Gasteiger partial charge is 0.264 e. The van der Waals surface area contributed by atoms with E-state index in [4.69, 9.17) is 9.47 Å². The minimum atomic E-state index is -0.678. The fourth-order valence-corrected chi connectivity index (χ4v) is 3.92. The molecule has 5 heteroatoms. The summed E-state index contributed by atoms with van der Waals surface area (Å²) >= 11 is 0. The number of hydrogen-bond acceptors (Lipinski definition) is 4. The molecule has 25 heavy (non-hydrogen) atoms. The lowest BCUT2D eigenvalue weighted by Crippen LogP contribution is -2.53. The Labute approximate surface area is 148 Å². The normalized spacial score (nSPS) is 24.2. The van der Waals surface area contributed by atoms with Crippen LogP contribution in [-0.2, 0) is 9.53 Å². The molecular weight excluding hydrogens is 318 g/mol. The molecule has 2 aliphatic heterocycles. The van der Waals surface area contributed by atoms with Gasteiger partial charge in [0.15, 0.2) is 11.9 Å². The zero-order chi connectivity index (χ0) is 17.2. The van der Waals surface area contributed by atoms with E-state index >= 15 is 0 Å². The number of ether oxygens (including phenoxy) is 2. The summed E-state index contributed by atoms with van der Waals surface area (Å²) < 4.78 is 11.4. The van der Waals surface area contributed by atoms with Crippen molar-refractivity contribution in [2.45, 2.75) is 50.7 Å². The average Bonchev–Trinajstić information content (AvgIpc) is 2.60. The predicted molar refractivity (Wildman–Crippen MR) is 92.7 cm³/mol. The molecule has 1 unspecified atom stereocenters. The van der Waals surface area contributed by atoms with E-state index in [1.165, 1.54) is 6.42 Å². The number of rotatable bonds is 4. The average molecular weight is 343 g/mol. The molecule has 1 aromatic carbocycles. The molecule has 1 saturated heterocycles. The molecule has 2 fully saturated rings. The van der Waals surface area contributed by atoms with E-state index in [0.717, 1.165) is 45.4 Å². The van der Waals surface area contributed by atoms with Gasteiger partial charge in [0.05, 0.1) is 12.0 Å². The van der Waals surface area contributed by atoms with Crippen LogP contribution >= 0.6 is 0 Å². The lowest BCUT2D eigenvalue weighted by molar-refractivity contribution is -0.144. The first-order valence-electron chi connectivity index (χ1n) is 9.39. The van der Waals surface area contributed by atoms with Crippen LogP contribution in [-0.4, -0.2) is 48.5 Å². The van der Waals surface area contributed by atoms with Crippen molar-refractivity contribution >= 4 is 11.7 Å². The van der Waals surface area contributed by atoms with Crippen LogP contribution in [0.15, 0.2) is 24.3 Å². The molecule has 1 amide bonds. The van der Waals surface area contributed by atoms with Crippen molar-refractivity contribution in [1.29, 1.82) is 0 Å². The Bertz CT molecular complexity index is 649. The Morgan fingerprint density at radius 3 is 2.60 bits per heavy atom. The molecule has 5 nitrogen and oxygen atoms in total. The van der Waals surface area contributed by atoms with Gasteiger partial charge in [-0.2, -0.15) is 0 Å². The highest BCUT2D eigenvalue weighted by molar-refractivity contribution is 6.03. The second kappa shape index (κ2) is 7.16. The first kappa shape index (κ1) is 16.6. The van der Waals surface area contributed by atoms with Crippen molar-refractivity contribution in [1.82, 2.24) is 4.90 Å². The number of Topliss-reactive ketones (excluding diaryl/α,β-unsaturated/α-hetero) is 1. The van der Waals surface area contributed by atoms with E-state index in [1.807, 2.05) is 17.0 Å². The number of nitrogens with zero attached hydrogens (tertiary/aromatic N) is 1. The zero-order valence-corrected chi connectivity index (χ0v) is 14.5. The van der Waals surface area contributed by atoms with E-state index in [-0.39, 0.29) is 18.1 Å². The van der Waals surface area contributed by atoms with Crippen molar-refractivity contribution in [2.75, 3.05) is 19.8 Å². The SMILES string of the molecule is O=C1CC(C(=O)N(CC2CCOCC2)C2CCC2)Oc2ccccc21. The predicted octanol–water partition coefficient (Wildman–Crippen LogP) is 2.83. The Morgan fingerprint density at radius 1 is 1.12 bits per heavy atom. The number of ketones is 1. The highest BCUT2D eigenvalue weighted by Gasteiger charge is 2.38. The topological polar surface area (TPSA) is 55.8 Å². The molecular formula is C20H25NO4. The molecule has 1 atom stereocenters. The third-order valence-corrected chi connectivity index (χ3v) is 5.70. The monoisotopic (exact) mass is 343 g/mol. The van der Waals surface area contributed by atoms with Crippen LogP contribution < -0.4 is 4.74 Å². The van der Waals surface area contributed by atoms with Gasteiger partial charge in [0, 0.05) is 25.8 Å². The Morgan fingerprint density at radius 2 is 1.88 bits per heavy atom. The number of carbonyl (C=O) groups is 2. The van der Waals surface area contributed by atoms with Crippen molar-refractivity contribution in [3.63, 3.8) is 0 Å². The van der Waals surface area contributed by atoms with Gasteiger partial charge in [0.25, 0.3) is 5.91 Å². The van der Waals surface area contributed by atoms with Gasteiger partial charge >= 0.3 is 0 Å². The van der Waals surface area contributed by atoms with E-state index in [0.29, 0.717) is 23.3 Å². The molecule has 0 aromatic heterocycles. The van der Waals surface area contributed by atoms with Gasteiger partial charge in [-0.3, -0.25) is 9.59 Å². The molecule has 3 aliphatic rings. The Hall–Kier alpha value is -1.88. The van der Waals surface area contributed by atoms with E-state index < -0.39 is 6.10 Å². The first-order valence-corrected chi connectivity index (χ1v) is 9.39. The molecule has 134 valence electrons. The Balaban J connectivity index is 1.49. The van der Waals surface area contributed by atoms with Crippen molar-refractivity contribution < 1.29 is 19.1 Å². The highest BCUT2D eigenvalue weighted by atomic mass is 16.5. The van der Waals surface area contributed by atoms with Crippen molar-refractivity contribution in [2.24, 2.45) is 5.92 Å². The van der Waals surface area contributed by atoms with Gasteiger partial charge in [-0.25, -0.2) is 0 Å². The number of para-hydroxylation sites is 1. The minimum absolute atomic E-state index is 0.000161. The molecule has 1 saturated carbocycles. The molecule has 0 bridgehead atoms. The number of fused-ring (bicyclic) bond motifs is 1. The summed E-state index contributed by atoms with van der Waals surface area (Å²) in [5.74, 6) is 1.01. The number of benzene rings is 1. The summed E-state index contributed by atoms with van der Waals surface area (Å²) in [6.45, 7) is 2.33. The van der Waals surface area contributed by atoms with Gasteiger partial charge in [-0.15, -0.1) is 0 Å². The van der Waals surface area contributed by atoms with Gasteiger partial charge in [0.2, 0.25) is 0 Å². The summed E-state index contributed by atoms with van der Waals surface area (Å²) in [5, 5.41) is 0. The second-order valence-corrected chi connectivity index (χ2v) is 7.36. The number of amides is 1. The summed E-state index contributed by atoms with van der Waals surface area (Å²) in [6.07, 6.45) is 4.77. The highest BCUT2D eigenvalue weighted by Crippen LogP contribution is 2.32. The lowest BCUT2D eigenvalue weighted by Gasteiger charge is -2.42. The van der Waals surface area contributed by atoms with Crippen LogP contribution in [0.5, 0.6) is 5.75 Å². The molecule has 4 rings (SSSR count). The molecule has 1 aliphatic carbocycles. The summed E-state index contributed by atoms with van der Waals surface area (Å²) in [5.41, 5.74) is 0.589. The Kier molecular flexibility index (Phi) is 4.75. The maximum Gasteiger partial charge on any atom is 0.264 e. The van der Waals surface area contributed by atoms with Gasteiger partial charge in [0.1, 0.15) is 5.75 Å². The van der Waals surface area contributed by atoms with Crippen LogP contribution in [0.25, 0.3) is 0 Å². The lowest BCUT2D eigenvalue weighted by atomic mass is 9.88. The summed E-state index contributed by atoms with van der Waals surface area (Å²) in [6, 6.07) is 7.52. The number of hydrogen-bond donors (Lipinski definition) is 0. The standard InChI is InChI=1S/C20H25NO4/c22-17-12-19(25-18-7-2-1-6-16(17)18)20(23)21(15-4-3-5-15)13-14-8-10-24-11-9-14/h1-2,6-7,14-15,19H,3-5,8-13H2. The van der Waals surface area contributed by atoms with Crippen LogP contribution in [0, 0.1) is 5.92 Å². The fourth-order valence-electron chi connectivity index (χ4n) is 3.92. The van der Waals surface area contributed by atoms with Gasteiger partial charge in [-0.05, 0) is 50.2 Å². The second-order valence-electron chi connectivity index (χ2n) is 7.36. The molecule has 1 aromatic rings. The quantitative estimate of drug-likeness (QED) is 0.843. The third-order valence-electron chi connectivity index (χ3n) is 5.70. The third kappa shape index (κ3) is 3.43. The minimum Gasteiger partial charge on any atom is -0.479 e. The van der Waals surface area contributed by atoms with Crippen molar-refractivity contribution in [3.8, 4) is 5.75 Å². The van der Waals surface area contributed by atoms with Gasteiger partial charge in [-0.1, -0.05) is 12.1 Å². The van der Waals surface area contributed by atoms with Crippen LogP contribution in [0.3, 0.4) is 0 Å². The first-order chi connectivity index (χ1) is 12.2. The van der Waals surface area contributed by atoms with Crippen LogP contribution in [0.2, 0.25) is 0 Å². The van der Waals surface area contributed by atoms with E-state index in [1.54, 1.807) is 12.1 Å². The fraction of sp³-hybridized carbons (Fsp3) is 0.600. The van der Waals surface area contributed by atoms with Gasteiger partial charge < -0.3 is 14.4 Å². The van der Waals surface area contributed by atoms with E-state index in [9.17, 15) is 9.59 Å². The maximum absolute atomic E-state index is 13.2. The molecule has 0 N–H and O–H groups in total. The molecule has 0 spiro atoms. The summed E-state index contributed by atoms with van der Waals surface area (Å²) in [7, 11) is 0. The van der Waals surface area contributed by atoms with E-state index in [2.05, 4.69) is 0 Å². The molecule has 2 heterocycles.